The van der Waals surface area contributed by atoms with Crippen molar-refractivity contribution < 1.29 is 4.79 Å². The fourth-order valence-corrected chi connectivity index (χ4v) is 1.80. The van der Waals surface area contributed by atoms with E-state index in [0.29, 0.717) is 0 Å². The van der Waals surface area contributed by atoms with Crippen molar-refractivity contribution in [3.05, 3.63) is 27.8 Å². The molecule has 2 N–H and O–H groups in total. The first-order chi connectivity index (χ1) is 7.79. The molecular formula is C10H10Cl3IN2O. The number of rotatable bonds is 3. The van der Waals surface area contributed by atoms with Crippen LogP contribution in [0.25, 0.3) is 0 Å². The SMILES string of the molecule is CC(=O)N[C@@H](Nc1ccc(I)cc1)C(Cl)(Cl)Cl. The van der Waals surface area contributed by atoms with Gasteiger partial charge in [-0.25, -0.2) is 0 Å². The standard InChI is InChI=1S/C10H10Cl3IN2O/c1-6(17)15-9(10(11,12)13)16-8-4-2-7(14)3-5-8/h2-5,9,16H,1H3,(H,15,17)/t9-/m0/s1. The maximum absolute atomic E-state index is 11.0. The summed E-state index contributed by atoms with van der Waals surface area (Å²) in [7, 11) is 0. The highest BCUT2D eigenvalue weighted by atomic mass is 127. The van der Waals surface area contributed by atoms with Crippen LogP contribution in [0.1, 0.15) is 6.92 Å². The van der Waals surface area contributed by atoms with Crippen LogP contribution in [-0.4, -0.2) is 15.9 Å². The zero-order chi connectivity index (χ0) is 13.1. The van der Waals surface area contributed by atoms with Crippen LogP contribution in [-0.2, 0) is 4.79 Å². The predicted octanol–water partition coefficient (Wildman–Crippen LogP) is 3.54. The molecule has 0 heterocycles. The molecule has 0 aliphatic rings. The molecule has 0 aliphatic heterocycles. The molecule has 1 aromatic carbocycles. The summed E-state index contributed by atoms with van der Waals surface area (Å²) in [6, 6.07) is 7.50. The second-order valence-corrected chi connectivity index (χ2v) is 6.94. The summed E-state index contributed by atoms with van der Waals surface area (Å²) >= 11 is 19.5. The first-order valence-electron chi connectivity index (χ1n) is 4.65. The number of alkyl halides is 3. The first kappa shape index (κ1) is 15.1. The number of carbonyl (C=O) groups is 1. The van der Waals surface area contributed by atoms with Crippen LogP contribution >= 0.6 is 57.4 Å². The van der Waals surface area contributed by atoms with Gasteiger partial charge in [-0.1, -0.05) is 34.8 Å². The van der Waals surface area contributed by atoms with E-state index in [1.165, 1.54) is 6.92 Å². The van der Waals surface area contributed by atoms with Crippen LogP contribution in [0.15, 0.2) is 24.3 Å². The van der Waals surface area contributed by atoms with Crippen LogP contribution in [0.5, 0.6) is 0 Å². The number of hydrogen-bond donors (Lipinski definition) is 2. The van der Waals surface area contributed by atoms with E-state index in [1.54, 1.807) is 0 Å². The van der Waals surface area contributed by atoms with E-state index in [4.69, 9.17) is 34.8 Å². The Hall–Kier alpha value is 0.0900. The Labute approximate surface area is 128 Å². The second kappa shape index (κ2) is 6.31. The van der Waals surface area contributed by atoms with Gasteiger partial charge < -0.3 is 10.6 Å². The smallest absolute Gasteiger partial charge is 0.228 e. The maximum atomic E-state index is 11.0. The Balaban J connectivity index is 2.79. The lowest BCUT2D eigenvalue weighted by atomic mass is 10.3. The molecule has 0 radical (unpaired) electrons. The van der Waals surface area contributed by atoms with Crippen LogP contribution in [0.3, 0.4) is 0 Å². The fraction of sp³-hybridized carbons (Fsp3) is 0.300. The van der Waals surface area contributed by atoms with E-state index in [1.807, 2.05) is 24.3 Å². The molecule has 1 rings (SSSR count). The van der Waals surface area contributed by atoms with Gasteiger partial charge >= 0.3 is 0 Å². The molecule has 0 aromatic heterocycles. The van der Waals surface area contributed by atoms with Crippen LogP contribution in [0.2, 0.25) is 0 Å². The van der Waals surface area contributed by atoms with Gasteiger partial charge in [-0.2, -0.15) is 0 Å². The highest BCUT2D eigenvalue weighted by Gasteiger charge is 2.33. The number of nitrogens with one attached hydrogen (secondary N) is 2. The van der Waals surface area contributed by atoms with E-state index < -0.39 is 9.96 Å². The van der Waals surface area contributed by atoms with Crippen molar-refractivity contribution in [2.45, 2.75) is 16.9 Å². The predicted molar refractivity (Wildman–Crippen MR) is 80.7 cm³/mol. The third kappa shape index (κ3) is 5.50. The Bertz CT molecular complexity index is 392. The molecule has 0 saturated heterocycles. The van der Waals surface area contributed by atoms with Crippen molar-refractivity contribution in [2.75, 3.05) is 5.32 Å². The Morgan fingerprint density at radius 1 is 1.29 bits per heavy atom. The molecule has 3 nitrogen and oxygen atoms in total. The quantitative estimate of drug-likeness (QED) is 0.457. The molecule has 17 heavy (non-hydrogen) atoms. The van der Waals surface area contributed by atoms with Gasteiger partial charge in [-0.15, -0.1) is 0 Å². The average Bonchev–Trinajstić information content (AvgIpc) is 2.18. The van der Waals surface area contributed by atoms with Gasteiger partial charge in [0.05, 0.1) is 0 Å². The minimum Gasteiger partial charge on any atom is -0.362 e. The number of hydrogen-bond acceptors (Lipinski definition) is 2. The molecule has 7 heteroatoms. The Morgan fingerprint density at radius 3 is 2.24 bits per heavy atom. The second-order valence-electron chi connectivity index (χ2n) is 3.33. The number of anilines is 1. The van der Waals surface area contributed by atoms with Crippen LogP contribution in [0.4, 0.5) is 5.69 Å². The van der Waals surface area contributed by atoms with Crippen molar-refractivity contribution in [2.24, 2.45) is 0 Å². The maximum Gasteiger partial charge on any atom is 0.228 e. The topological polar surface area (TPSA) is 41.1 Å². The van der Waals surface area contributed by atoms with E-state index >= 15 is 0 Å². The molecule has 0 bridgehead atoms. The largest absolute Gasteiger partial charge is 0.362 e. The first-order valence-corrected chi connectivity index (χ1v) is 6.86. The summed E-state index contributed by atoms with van der Waals surface area (Å²) in [4.78, 5) is 11.0. The van der Waals surface area contributed by atoms with Crippen molar-refractivity contribution in [3.63, 3.8) is 0 Å². The summed E-state index contributed by atoms with van der Waals surface area (Å²) in [6.45, 7) is 1.36. The minimum atomic E-state index is -1.63. The molecular weight excluding hydrogens is 397 g/mol. The number of amides is 1. The zero-order valence-electron chi connectivity index (χ0n) is 8.81. The van der Waals surface area contributed by atoms with Gasteiger partial charge in [-0.05, 0) is 46.9 Å². The van der Waals surface area contributed by atoms with Gasteiger partial charge in [-0.3, -0.25) is 4.79 Å². The molecule has 0 saturated carbocycles. The molecule has 0 spiro atoms. The molecule has 0 fully saturated rings. The summed E-state index contributed by atoms with van der Waals surface area (Å²) < 4.78 is -0.535. The summed E-state index contributed by atoms with van der Waals surface area (Å²) in [5.41, 5.74) is 0.760. The molecule has 94 valence electrons. The highest BCUT2D eigenvalue weighted by Crippen LogP contribution is 2.31. The van der Waals surface area contributed by atoms with Crippen LogP contribution in [0, 0.1) is 3.57 Å². The molecule has 1 atom stereocenters. The number of halogens is 4. The number of carbonyl (C=O) groups excluding carboxylic acids is 1. The fourth-order valence-electron chi connectivity index (χ4n) is 1.12. The summed E-state index contributed by atoms with van der Waals surface area (Å²) in [5.74, 6) is -0.278. The van der Waals surface area contributed by atoms with Crippen molar-refractivity contribution >= 4 is 69.0 Å². The summed E-state index contributed by atoms with van der Waals surface area (Å²) in [5, 5.41) is 5.48. The highest BCUT2D eigenvalue weighted by molar-refractivity contribution is 14.1. The third-order valence-electron chi connectivity index (χ3n) is 1.83. The number of benzene rings is 1. The molecule has 1 amide bonds. The zero-order valence-corrected chi connectivity index (χ0v) is 13.2. The molecule has 1 aromatic rings. The molecule has 0 unspecified atom stereocenters. The lowest BCUT2D eigenvalue weighted by molar-refractivity contribution is -0.119. The van der Waals surface area contributed by atoms with Gasteiger partial charge in [0.25, 0.3) is 0 Å². The van der Waals surface area contributed by atoms with E-state index in [-0.39, 0.29) is 5.91 Å². The van der Waals surface area contributed by atoms with Gasteiger partial charge in [0.2, 0.25) is 9.70 Å². The Kier molecular flexibility index (Phi) is 5.63. The van der Waals surface area contributed by atoms with Gasteiger partial charge in [0.1, 0.15) is 6.17 Å². The lowest BCUT2D eigenvalue weighted by Gasteiger charge is -2.26. The minimum absolute atomic E-state index is 0.278. The summed E-state index contributed by atoms with van der Waals surface area (Å²) in [6.07, 6.45) is -0.787. The Morgan fingerprint density at radius 2 is 1.82 bits per heavy atom. The van der Waals surface area contributed by atoms with E-state index in [2.05, 4.69) is 33.2 Å². The monoisotopic (exact) mass is 406 g/mol. The van der Waals surface area contributed by atoms with E-state index in [9.17, 15) is 4.79 Å². The van der Waals surface area contributed by atoms with E-state index in [0.717, 1.165) is 9.26 Å². The van der Waals surface area contributed by atoms with Gasteiger partial charge in [0, 0.05) is 16.2 Å². The third-order valence-corrected chi connectivity index (χ3v) is 3.20. The molecule has 0 aliphatic carbocycles. The lowest BCUT2D eigenvalue weighted by Crippen LogP contribution is -2.48. The van der Waals surface area contributed by atoms with Crippen molar-refractivity contribution in [3.8, 4) is 0 Å². The van der Waals surface area contributed by atoms with Crippen molar-refractivity contribution in [1.82, 2.24) is 5.32 Å². The van der Waals surface area contributed by atoms with Crippen LogP contribution < -0.4 is 10.6 Å². The normalized spacial score (nSPS) is 13.0. The van der Waals surface area contributed by atoms with Gasteiger partial charge in [0.15, 0.2) is 0 Å². The van der Waals surface area contributed by atoms with Crippen molar-refractivity contribution in [1.29, 1.82) is 0 Å². The average molecular weight is 407 g/mol.